The predicted octanol–water partition coefficient (Wildman–Crippen LogP) is 4.88. The van der Waals surface area contributed by atoms with Crippen LogP contribution in [0, 0.1) is 12.3 Å². The van der Waals surface area contributed by atoms with Crippen molar-refractivity contribution in [3.05, 3.63) is 22.2 Å². The molecule has 0 saturated heterocycles. The normalized spacial score (nSPS) is 11.7. The van der Waals surface area contributed by atoms with Crippen LogP contribution in [0.4, 0.5) is 0 Å². The Labute approximate surface area is 123 Å². The Hall–Kier alpha value is -0.190. The fourth-order valence-electron chi connectivity index (χ4n) is 1.38. The molecule has 4 heteroatoms. The van der Waals surface area contributed by atoms with E-state index in [0.717, 1.165) is 21.5 Å². The van der Waals surface area contributed by atoms with Gasteiger partial charge in [0.2, 0.25) is 0 Å². The molecule has 0 aliphatic rings. The summed E-state index contributed by atoms with van der Waals surface area (Å²) in [5, 5.41) is 0. The Morgan fingerprint density at radius 1 is 1.28 bits per heavy atom. The average Bonchev–Trinajstić information content (AvgIpc) is 2.24. The van der Waals surface area contributed by atoms with Gasteiger partial charge in [0.1, 0.15) is 5.75 Å². The second kappa shape index (κ2) is 6.83. The molecule has 0 amide bonds. The summed E-state index contributed by atoms with van der Waals surface area (Å²) < 4.78 is 11.5. The number of hydrogen-bond acceptors (Lipinski definition) is 3. The first-order valence-corrected chi connectivity index (χ1v) is 7.66. The SMILES string of the molecule is COCOc1c(C)cc(SCC(C)(C)C)cc1Br. The second-order valence-electron chi connectivity index (χ2n) is 5.45. The minimum Gasteiger partial charge on any atom is -0.466 e. The molecule has 1 aromatic carbocycles. The molecule has 0 spiro atoms. The van der Waals surface area contributed by atoms with E-state index >= 15 is 0 Å². The lowest BCUT2D eigenvalue weighted by atomic mass is 10.0. The first-order chi connectivity index (χ1) is 8.33. The van der Waals surface area contributed by atoms with Gasteiger partial charge in [-0.05, 0) is 46.0 Å². The van der Waals surface area contributed by atoms with E-state index < -0.39 is 0 Å². The highest BCUT2D eigenvalue weighted by Crippen LogP contribution is 2.35. The molecule has 0 aromatic heterocycles. The fraction of sp³-hybridized carbons (Fsp3) is 0.571. The predicted molar refractivity (Wildman–Crippen MR) is 81.6 cm³/mol. The van der Waals surface area contributed by atoms with Crippen molar-refractivity contribution < 1.29 is 9.47 Å². The van der Waals surface area contributed by atoms with Gasteiger partial charge in [0, 0.05) is 17.8 Å². The van der Waals surface area contributed by atoms with Gasteiger partial charge in [-0.15, -0.1) is 11.8 Å². The van der Waals surface area contributed by atoms with Crippen LogP contribution in [0.1, 0.15) is 26.3 Å². The Bertz CT molecular complexity index is 376. The van der Waals surface area contributed by atoms with Crippen LogP contribution >= 0.6 is 27.7 Å². The summed E-state index contributed by atoms with van der Waals surface area (Å²) >= 11 is 5.43. The third-order valence-corrected chi connectivity index (χ3v) is 4.36. The van der Waals surface area contributed by atoms with Crippen LogP contribution in [0.2, 0.25) is 0 Å². The van der Waals surface area contributed by atoms with Gasteiger partial charge in [-0.3, -0.25) is 0 Å². The molecular weight excluding hydrogens is 312 g/mol. The van der Waals surface area contributed by atoms with Crippen molar-refractivity contribution in [2.45, 2.75) is 32.6 Å². The van der Waals surface area contributed by atoms with Crippen molar-refractivity contribution in [1.29, 1.82) is 0 Å². The highest BCUT2D eigenvalue weighted by atomic mass is 79.9. The number of benzene rings is 1. The third-order valence-electron chi connectivity index (χ3n) is 2.20. The van der Waals surface area contributed by atoms with E-state index in [1.165, 1.54) is 4.90 Å². The third kappa shape index (κ3) is 5.21. The van der Waals surface area contributed by atoms with Crippen molar-refractivity contribution in [3.63, 3.8) is 0 Å². The summed E-state index contributed by atoms with van der Waals surface area (Å²) in [5.41, 5.74) is 1.45. The number of aryl methyl sites for hydroxylation is 1. The van der Waals surface area contributed by atoms with Crippen molar-refractivity contribution >= 4 is 27.7 Å². The van der Waals surface area contributed by atoms with Crippen molar-refractivity contribution in [3.8, 4) is 5.75 Å². The minimum absolute atomic E-state index is 0.272. The van der Waals surface area contributed by atoms with Crippen LogP contribution in [0.5, 0.6) is 5.75 Å². The number of halogens is 1. The first-order valence-electron chi connectivity index (χ1n) is 5.88. The number of rotatable bonds is 5. The van der Waals surface area contributed by atoms with Crippen molar-refractivity contribution in [2.24, 2.45) is 5.41 Å². The number of thioether (sulfide) groups is 1. The molecule has 0 aliphatic carbocycles. The first kappa shape index (κ1) is 15.9. The largest absolute Gasteiger partial charge is 0.466 e. The summed E-state index contributed by atoms with van der Waals surface area (Å²) in [6.45, 7) is 9.07. The van der Waals surface area contributed by atoms with Gasteiger partial charge >= 0.3 is 0 Å². The maximum atomic E-state index is 5.54. The number of hydrogen-bond donors (Lipinski definition) is 0. The zero-order valence-corrected chi connectivity index (χ0v) is 14.1. The molecular formula is C14H21BrO2S. The lowest BCUT2D eigenvalue weighted by molar-refractivity contribution is 0.0500. The summed E-state index contributed by atoms with van der Waals surface area (Å²) in [4.78, 5) is 1.26. The van der Waals surface area contributed by atoms with Gasteiger partial charge < -0.3 is 9.47 Å². The van der Waals surface area contributed by atoms with Crippen LogP contribution in [-0.2, 0) is 4.74 Å². The number of methoxy groups -OCH3 is 1. The lowest BCUT2D eigenvalue weighted by Crippen LogP contribution is -2.08. The van der Waals surface area contributed by atoms with Gasteiger partial charge in [-0.2, -0.15) is 0 Å². The van der Waals surface area contributed by atoms with Crippen LogP contribution in [0.15, 0.2) is 21.5 Å². The Morgan fingerprint density at radius 3 is 2.44 bits per heavy atom. The number of ether oxygens (including phenoxy) is 2. The molecule has 0 fully saturated rings. The summed E-state index contributed by atoms with van der Waals surface area (Å²) in [6, 6.07) is 4.26. The summed E-state index contributed by atoms with van der Waals surface area (Å²) in [5.74, 6) is 1.95. The lowest BCUT2D eigenvalue weighted by Gasteiger charge is -2.18. The molecule has 2 nitrogen and oxygen atoms in total. The minimum atomic E-state index is 0.272. The Morgan fingerprint density at radius 2 is 1.94 bits per heavy atom. The topological polar surface area (TPSA) is 18.5 Å². The highest BCUT2D eigenvalue weighted by molar-refractivity contribution is 9.10. The van der Waals surface area contributed by atoms with Gasteiger partial charge in [-0.1, -0.05) is 20.8 Å². The summed E-state index contributed by atoms with van der Waals surface area (Å²) in [6.07, 6.45) is 0. The molecule has 0 unspecified atom stereocenters. The van der Waals surface area contributed by atoms with Crippen LogP contribution in [-0.4, -0.2) is 19.7 Å². The monoisotopic (exact) mass is 332 g/mol. The Balaban J connectivity index is 2.79. The molecule has 1 aromatic rings. The highest BCUT2D eigenvalue weighted by Gasteiger charge is 2.13. The molecule has 0 saturated carbocycles. The van der Waals surface area contributed by atoms with Crippen molar-refractivity contribution in [1.82, 2.24) is 0 Å². The smallest absolute Gasteiger partial charge is 0.188 e. The second-order valence-corrected chi connectivity index (χ2v) is 7.35. The van der Waals surface area contributed by atoms with Crippen molar-refractivity contribution in [2.75, 3.05) is 19.7 Å². The maximum Gasteiger partial charge on any atom is 0.188 e. The summed E-state index contributed by atoms with van der Waals surface area (Å²) in [7, 11) is 1.62. The molecule has 102 valence electrons. The zero-order valence-electron chi connectivity index (χ0n) is 11.7. The molecule has 0 aliphatic heterocycles. The molecule has 0 atom stereocenters. The molecule has 0 bridgehead atoms. The average molecular weight is 333 g/mol. The van der Waals surface area contributed by atoms with Crippen LogP contribution in [0.3, 0.4) is 0 Å². The van der Waals surface area contributed by atoms with Gasteiger partial charge in [-0.25, -0.2) is 0 Å². The molecule has 1 rings (SSSR count). The van der Waals surface area contributed by atoms with E-state index in [9.17, 15) is 0 Å². The quantitative estimate of drug-likeness (QED) is 0.565. The standard InChI is InChI=1S/C14H21BrO2S/c1-10-6-11(18-8-14(2,3)4)7-12(15)13(10)17-9-16-5/h6-7H,8-9H2,1-5H3. The molecule has 0 radical (unpaired) electrons. The van der Waals surface area contributed by atoms with E-state index in [1.807, 2.05) is 11.8 Å². The fourth-order valence-corrected chi connectivity index (χ4v) is 3.27. The van der Waals surface area contributed by atoms with E-state index in [0.29, 0.717) is 5.41 Å². The van der Waals surface area contributed by atoms with Gasteiger partial charge in [0.25, 0.3) is 0 Å². The zero-order chi connectivity index (χ0) is 13.8. The van der Waals surface area contributed by atoms with Crippen LogP contribution < -0.4 is 4.74 Å². The van der Waals surface area contributed by atoms with E-state index in [4.69, 9.17) is 9.47 Å². The molecule has 0 N–H and O–H groups in total. The van der Waals surface area contributed by atoms with Crippen LogP contribution in [0.25, 0.3) is 0 Å². The van der Waals surface area contributed by atoms with E-state index in [-0.39, 0.29) is 6.79 Å². The molecule has 0 heterocycles. The maximum absolute atomic E-state index is 5.54. The van der Waals surface area contributed by atoms with E-state index in [1.54, 1.807) is 7.11 Å². The van der Waals surface area contributed by atoms with Gasteiger partial charge in [0.15, 0.2) is 6.79 Å². The Kier molecular flexibility index (Phi) is 6.02. The van der Waals surface area contributed by atoms with E-state index in [2.05, 4.69) is 55.8 Å². The molecule has 18 heavy (non-hydrogen) atoms. The van der Waals surface area contributed by atoms with Gasteiger partial charge in [0.05, 0.1) is 4.47 Å².